The number of piperidine rings is 1. The number of carboxylic acids is 1. The van der Waals surface area contributed by atoms with Crippen molar-refractivity contribution in [3.63, 3.8) is 0 Å². The standard InChI is InChI=1S/C22H25N7O4/c1-2-27-19-18(25-22(27)26-9-5-8-16(24)12-26)20(32)29(13-17(30)31)28(21(19)33)11-15-7-4-3-6-14(15)10-23/h3-4,6-7,16H,2,5,8-9,11-13,24H2,1H3,(H,30,31). The molecule has 0 amide bonds. The zero-order valence-electron chi connectivity index (χ0n) is 18.3. The van der Waals surface area contributed by atoms with Crippen LogP contribution in [0.2, 0.25) is 0 Å². The average Bonchev–Trinajstić information content (AvgIpc) is 3.20. The zero-order valence-corrected chi connectivity index (χ0v) is 18.3. The Balaban J connectivity index is 1.98. The fourth-order valence-corrected chi connectivity index (χ4v) is 4.37. The minimum atomic E-state index is -1.27. The number of anilines is 1. The van der Waals surface area contributed by atoms with E-state index in [-0.39, 0.29) is 23.6 Å². The molecule has 11 heteroatoms. The maximum Gasteiger partial charge on any atom is 0.325 e. The third kappa shape index (κ3) is 4.01. The fraction of sp³-hybridized carbons (Fsp3) is 0.409. The monoisotopic (exact) mass is 451 g/mol. The first-order chi connectivity index (χ1) is 15.8. The molecule has 3 aromatic rings. The van der Waals surface area contributed by atoms with E-state index in [9.17, 15) is 24.8 Å². The van der Waals surface area contributed by atoms with E-state index in [1.807, 2.05) is 11.8 Å². The number of carbonyl (C=O) groups is 1. The lowest BCUT2D eigenvalue weighted by atomic mass is 10.1. The van der Waals surface area contributed by atoms with Crippen LogP contribution < -0.4 is 21.8 Å². The smallest absolute Gasteiger partial charge is 0.325 e. The molecule has 3 N–H and O–H groups in total. The number of fused-ring (bicyclic) bond motifs is 1. The van der Waals surface area contributed by atoms with E-state index in [4.69, 9.17) is 5.73 Å². The fourth-order valence-electron chi connectivity index (χ4n) is 4.37. The highest BCUT2D eigenvalue weighted by Crippen LogP contribution is 2.22. The van der Waals surface area contributed by atoms with Gasteiger partial charge in [-0.2, -0.15) is 5.26 Å². The van der Waals surface area contributed by atoms with E-state index in [1.165, 1.54) is 0 Å². The summed E-state index contributed by atoms with van der Waals surface area (Å²) < 4.78 is 3.67. The van der Waals surface area contributed by atoms with E-state index in [0.717, 1.165) is 22.2 Å². The summed E-state index contributed by atoms with van der Waals surface area (Å²) in [5.41, 5.74) is 5.80. The van der Waals surface area contributed by atoms with Gasteiger partial charge in [-0.3, -0.25) is 14.4 Å². The van der Waals surface area contributed by atoms with E-state index < -0.39 is 23.6 Å². The van der Waals surface area contributed by atoms with E-state index in [2.05, 4.69) is 11.1 Å². The number of nitriles is 1. The lowest BCUT2D eigenvalue weighted by molar-refractivity contribution is -0.138. The van der Waals surface area contributed by atoms with Crippen LogP contribution in [0, 0.1) is 11.3 Å². The van der Waals surface area contributed by atoms with Gasteiger partial charge in [0.25, 0.3) is 11.1 Å². The second-order valence-corrected chi connectivity index (χ2v) is 8.09. The normalized spacial score (nSPS) is 16.2. The number of carboxylic acid groups (broad SMARTS) is 1. The van der Waals surface area contributed by atoms with Gasteiger partial charge >= 0.3 is 5.97 Å². The van der Waals surface area contributed by atoms with E-state index >= 15 is 0 Å². The van der Waals surface area contributed by atoms with Gasteiger partial charge in [0, 0.05) is 25.7 Å². The van der Waals surface area contributed by atoms with Gasteiger partial charge in [-0.1, -0.05) is 18.2 Å². The highest BCUT2D eigenvalue weighted by atomic mass is 16.4. The van der Waals surface area contributed by atoms with Crippen molar-refractivity contribution in [1.29, 1.82) is 5.26 Å². The zero-order chi connectivity index (χ0) is 23.7. The topological polar surface area (TPSA) is 152 Å². The summed E-state index contributed by atoms with van der Waals surface area (Å²) in [7, 11) is 0. The molecule has 33 heavy (non-hydrogen) atoms. The maximum atomic E-state index is 13.7. The molecule has 2 aromatic heterocycles. The van der Waals surface area contributed by atoms with Gasteiger partial charge in [-0.15, -0.1) is 0 Å². The molecule has 1 aliphatic rings. The number of rotatable bonds is 6. The highest BCUT2D eigenvalue weighted by molar-refractivity contribution is 5.77. The summed E-state index contributed by atoms with van der Waals surface area (Å²) in [6, 6.07) is 8.71. The van der Waals surface area contributed by atoms with Crippen molar-refractivity contribution >= 4 is 23.0 Å². The predicted octanol–water partition coefficient (Wildman–Crippen LogP) is 0.312. The molecule has 4 rings (SSSR count). The summed E-state index contributed by atoms with van der Waals surface area (Å²) in [5.74, 6) is -0.788. The maximum absolute atomic E-state index is 13.7. The Kier molecular flexibility index (Phi) is 6.02. The van der Waals surface area contributed by atoms with Crippen LogP contribution in [0.25, 0.3) is 11.0 Å². The average molecular weight is 451 g/mol. The largest absolute Gasteiger partial charge is 0.480 e. The lowest BCUT2D eigenvalue weighted by Gasteiger charge is -2.31. The molecule has 1 aromatic carbocycles. The number of benzene rings is 1. The van der Waals surface area contributed by atoms with Gasteiger partial charge in [-0.05, 0) is 31.4 Å². The molecule has 0 aliphatic carbocycles. The molecule has 0 radical (unpaired) electrons. The van der Waals surface area contributed by atoms with E-state index in [0.29, 0.717) is 36.7 Å². The lowest BCUT2D eigenvalue weighted by Crippen LogP contribution is -2.44. The van der Waals surface area contributed by atoms with Crippen LogP contribution in [0.15, 0.2) is 33.9 Å². The SMILES string of the molecule is CCn1c(N2CCCC(N)C2)nc2c(=O)n(CC(=O)O)n(Cc3ccccc3C#N)c(=O)c21. The summed E-state index contributed by atoms with van der Waals surface area (Å²) in [5, 5.41) is 18.8. The molecule has 172 valence electrons. The molecule has 0 bridgehead atoms. The Hall–Kier alpha value is -3.91. The molecular weight excluding hydrogens is 426 g/mol. The summed E-state index contributed by atoms with van der Waals surface area (Å²) in [6.07, 6.45) is 1.76. The molecule has 0 spiro atoms. The Morgan fingerprint density at radius 1 is 1.27 bits per heavy atom. The van der Waals surface area contributed by atoms with Gasteiger partial charge in [0.2, 0.25) is 5.95 Å². The first kappa shape index (κ1) is 22.3. The summed E-state index contributed by atoms with van der Waals surface area (Å²) in [4.78, 5) is 45.0. The van der Waals surface area contributed by atoms with E-state index in [1.54, 1.807) is 28.8 Å². The molecule has 1 saturated heterocycles. The molecular formula is C22H25N7O4. The Labute approximate surface area is 188 Å². The molecule has 1 atom stereocenters. The first-order valence-electron chi connectivity index (χ1n) is 10.8. The molecule has 1 aliphatic heterocycles. The molecule has 1 fully saturated rings. The number of aliphatic carboxylic acids is 1. The van der Waals surface area contributed by atoms with Crippen molar-refractivity contribution < 1.29 is 9.90 Å². The highest BCUT2D eigenvalue weighted by Gasteiger charge is 2.27. The second-order valence-electron chi connectivity index (χ2n) is 8.09. The van der Waals surface area contributed by atoms with Crippen molar-refractivity contribution in [1.82, 2.24) is 18.9 Å². The van der Waals surface area contributed by atoms with Crippen LogP contribution in [0.3, 0.4) is 0 Å². The predicted molar refractivity (Wildman–Crippen MR) is 121 cm³/mol. The summed E-state index contributed by atoms with van der Waals surface area (Å²) >= 11 is 0. The van der Waals surface area contributed by atoms with Gasteiger partial charge in [-0.25, -0.2) is 14.3 Å². The first-order valence-corrected chi connectivity index (χ1v) is 10.8. The Morgan fingerprint density at radius 3 is 2.70 bits per heavy atom. The van der Waals surface area contributed by atoms with Crippen LogP contribution in [0.4, 0.5) is 5.95 Å². The van der Waals surface area contributed by atoms with Gasteiger partial charge in [0.1, 0.15) is 12.1 Å². The molecule has 1 unspecified atom stereocenters. The second kappa shape index (κ2) is 8.91. The number of hydrogen-bond donors (Lipinski definition) is 2. The van der Waals surface area contributed by atoms with Crippen LogP contribution in [0.1, 0.15) is 30.9 Å². The molecule has 11 nitrogen and oxygen atoms in total. The third-order valence-electron chi connectivity index (χ3n) is 5.91. The van der Waals surface area contributed by atoms with Crippen molar-refractivity contribution in [3.8, 4) is 6.07 Å². The molecule has 0 saturated carbocycles. The van der Waals surface area contributed by atoms with Gasteiger partial charge < -0.3 is 20.3 Å². The van der Waals surface area contributed by atoms with Crippen LogP contribution in [0.5, 0.6) is 0 Å². The number of nitrogens with two attached hydrogens (primary N) is 1. The molecule has 3 heterocycles. The van der Waals surface area contributed by atoms with Crippen LogP contribution in [-0.4, -0.2) is 49.1 Å². The van der Waals surface area contributed by atoms with Gasteiger partial charge in [0.15, 0.2) is 5.52 Å². The van der Waals surface area contributed by atoms with Crippen molar-refractivity contribution in [2.75, 3.05) is 18.0 Å². The van der Waals surface area contributed by atoms with Crippen molar-refractivity contribution in [2.24, 2.45) is 5.73 Å². The van der Waals surface area contributed by atoms with Crippen molar-refractivity contribution in [2.45, 2.75) is 45.4 Å². The van der Waals surface area contributed by atoms with Crippen LogP contribution >= 0.6 is 0 Å². The number of aryl methyl sites for hydroxylation is 1. The number of hydrogen-bond acceptors (Lipinski definition) is 7. The minimum Gasteiger partial charge on any atom is -0.480 e. The number of nitrogens with zero attached hydrogens (tertiary/aromatic N) is 6. The quantitative estimate of drug-likeness (QED) is 0.543. The third-order valence-corrected chi connectivity index (χ3v) is 5.91. The van der Waals surface area contributed by atoms with Gasteiger partial charge in [0.05, 0.1) is 18.2 Å². The number of aromatic nitrogens is 4. The Bertz CT molecular complexity index is 1380. The van der Waals surface area contributed by atoms with Crippen molar-refractivity contribution in [3.05, 3.63) is 56.1 Å². The number of imidazole rings is 1. The minimum absolute atomic E-state index is 0.0355. The Morgan fingerprint density at radius 2 is 2.03 bits per heavy atom. The van der Waals surface area contributed by atoms with Crippen LogP contribution in [-0.2, 0) is 24.4 Å². The summed E-state index contributed by atoms with van der Waals surface area (Å²) in [6.45, 7) is 2.66.